The molecule has 0 heterocycles. The molecular weight excluding hydrogens is 721 g/mol. The van der Waals surface area contributed by atoms with Gasteiger partial charge in [0.15, 0.2) is 0 Å². The van der Waals surface area contributed by atoms with Crippen molar-refractivity contribution >= 4 is 17.9 Å². The highest BCUT2D eigenvalue weighted by atomic mass is 16.4. The fourth-order valence-corrected chi connectivity index (χ4v) is 8.75. The molecule has 9 nitrogen and oxygen atoms in total. The van der Waals surface area contributed by atoms with Crippen molar-refractivity contribution in [1.82, 2.24) is 0 Å². The molecule has 0 aliphatic heterocycles. The summed E-state index contributed by atoms with van der Waals surface area (Å²) in [6.45, 7) is 23.6. The number of aromatic hydroxyl groups is 3. The predicted octanol–water partition coefficient (Wildman–Crippen LogP) is 10.6. The number of hydrogen-bond acceptors (Lipinski definition) is 6. The lowest BCUT2D eigenvalue weighted by molar-refractivity contribution is -0.182. The summed E-state index contributed by atoms with van der Waals surface area (Å²) >= 11 is 0. The zero-order valence-corrected chi connectivity index (χ0v) is 36.4. The number of phenolic OH excluding ortho intramolecular Hbond substituents is 3. The number of aryl methyl sites for hydroxylation is 6. The average molecular weight is 789 g/mol. The van der Waals surface area contributed by atoms with E-state index in [0.717, 1.165) is 33.4 Å². The molecule has 0 radical (unpaired) electrons. The zero-order valence-electron chi connectivity index (χ0n) is 36.4. The van der Waals surface area contributed by atoms with Crippen LogP contribution in [0.25, 0.3) is 0 Å². The van der Waals surface area contributed by atoms with Crippen molar-refractivity contribution in [3.63, 3.8) is 0 Å². The Hall–Kier alpha value is -4.53. The number of hydrogen-bond donors (Lipinski definition) is 6. The van der Waals surface area contributed by atoms with Crippen molar-refractivity contribution in [3.05, 3.63) is 86.5 Å². The molecule has 3 rings (SSSR count). The Balaban J connectivity index is 2.18. The molecule has 57 heavy (non-hydrogen) atoms. The highest BCUT2D eigenvalue weighted by Gasteiger charge is 2.61. The third kappa shape index (κ3) is 10.7. The lowest BCUT2D eigenvalue weighted by atomic mass is 9.55. The van der Waals surface area contributed by atoms with Gasteiger partial charge in [-0.05, 0) is 128 Å². The van der Waals surface area contributed by atoms with Gasteiger partial charge >= 0.3 is 17.9 Å². The molecule has 0 fully saturated rings. The molecule has 6 N–H and O–H groups in total. The maximum atomic E-state index is 13.9. The van der Waals surface area contributed by atoms with Crippen molar-refractivity contribution < 1.29 is 45.0 Å². The van der Waals surface area contributed by atoms with Gasteiger partial charge in [-0.25, -0.2) is 0 Å². The van der Waals surface area contributed by atoms with Crippen LogP contribution in [0, 0.1) is 31.6 Å². The van der Waals surface area contributed by atoms with Crippen molar-refractivity contribution in [3.8, 4) is 17.2 Å². The molecule has 0 bridgehead atoms. The quantitative estimate of drug-likeness (QED) is 0.0778. The van der Waals surface area contributed by atoms with Gasteiger partial charge in [0.2, 0.25) is 0 Å². The van der Waals surface area contributed by atoms with E-state index in [1.54, 1.807) is 0 Å². The van der Waals surface area contributed by atoms with E-state index in [2.05, 4.69) is 0 Å². The Morgan fingerprint density at radius 3 is 0.947 bits per heavy atom. The molecule has 3 aromatic rings. The van der Waals surface area contributed by atoms with E-state index in [1.165, 1.54) is 0 Å². The molecule has 0 aromatic heterocycles. The second-order valence-electron chi connectivity index (χ2n) is 19.6. The standard InChI is InChI=1S/C48H68O9/c1-29-22-32(39(51)35(25-29)44(4,5)6)16-13-19-47(42(54)55,20-14-17-33-23-30(2)26-36(40(33)52)45(7,8)9)48(43(56)57,28-38(49)50)21-15-18-34-24-31(3)27-37(41(34)53)46(10,11)12/h22-27,51-53H,13-21,28H2,1-12H3,(H,49,50)(H,54,55)(H,56,57). The third-order valence-electron chi connectivity index (χ3n) is 11.8. The van der Waals surface area contributed by atoms with Gasteiger partial charge in [-0.3, -0.25) is 14.4 Å². The van der Waals surface area contributed by atoms with Crippen LogP contribution in [0.2, 0.25) is 0 Å². The lowest BCUT2D eigenvalue weighted by Crippen LogP contribution is -2.54. The van der Waals surface area contributed by atoms with Crippen LogP contribution in [-0.2, 0) is 49.9 Å². The number of carboxylic acid groups (broad SMARTS) is 3. The molecule has 314 valence electrons. The van der Waals surface area contributed by atoms with Gasteiger partial charge in [0, 0.05) is 0 Å². The third-order valence-corrected chi connectivity index (χ3v) is 11.8. The van der Waals surface area contributed by atoms with Crippen LogP contribution in [0.3, 0.4) is 0 Å². The fourth-order valence-electron chi connectivity index (χ4n) is 8.75. The molecule has 1 atom stereocenters. The Morgan fingerprint density at radius 1 is 0.456 bits per heavy atom. The molecule has 9 heteroatoms. The SMILES string of the molecule is Cc1cc(CCCC(CCCc2cc(C)cc(C(C)(C)C)c2O)(C(=O)O)C(CCCc2cc(C)cc(C(C)(C)C)c2O)(CC(=O)O)C(=O)O)c(O)c(C(C)(C)C)c1. The number of phenols is 3. The van der Waals surface area contributed by atoms with Crippen LogP contribution in [0.4, 0.5) is 0 Å². The van der Waals surface area contributed by atoms with Crippen LogP contribution in [0.15, 0.2) is 36.4 Å². The molecule has 1 unspecified atom stereocenters. The summed E-state index contributed by atoms with van der Waals surface area (Å²) < 4.78 is 0. The van der Waals surface area contributed by atoms with Gasteiger partial charge in [0.1, 0.15) is 17.2 Å². The first kappa shape index (κ1) is 46.8. The zero-order chi connectivity index (χ0) is 43.5. The first-order valence-corrected chi connectivity index (χ1v) is 20.2. The molecule has 0 aliphatic rings. The van der Waals surface area contributed by atoms with Gasteiger partial charge in [-0.15, -0.1) is 0 Å². The van der Waals surface area contributed by atoms with Crippen LogP contribution >= 0.6 is 0 Å². The van der Waals surface area contributed by atoms with Gasteiger partial charge in [-0.2, -0.15) is 0 Å². The molecule has 0 saturated heterocycles. The van der Waals surface area contributed by atoms with Crippen molar-refractivity contribution in [2.75, 3.05) is 0 Å². The second kappa shape index (κ2) is 17.5. The summed E-state index contributed by atoms with van der Waals surface area (Å²) in [6.07, 6.45) is -0.394. The van der Waals surface area contributed by atoms with Crippen LogP contribution < -0.4 is 0 Å². The monoisotopic (exact) mass is 788 g/mol. The minimum absolute atomic E-state index is 0.0944. The Labute approximate surface area is 340 Å². The van der Waals surface area contributed by atoms with E-state index in [9.17, 15) is 45.0 Å². The minimum atomic E-state index is -2.24. The molecule has 0 amide bonds. The first-order chi connectivity index (χ1) is 26.1. The molecule has 0 saturated carbocycles. The van der Waals surface area contributed by atoms with Gasteiger partial charge < -0.3 is 30.6 Å². The Bertz CT molecular complexity index is 1880. The van der Waals surface area contributed by atoms with E-state index in [4.69, 9.17) is 0 Å². The Kier molecular flexibility index (Phi) is 14.4. The van der Waals surface area contributed by atoms with Crippen molar-refractivity contribution in [2.45, 2.75) is 164 Å². The van der Waals surface area contributed by atoms with Gasteiger partial charge in [-0.1, -0.05) is 115 Å². The maximum Gasteiger partial charge on any atom is 0.311 e. The number of benzene rings is 3. The van der Waals surface area contributed by atoms with Crippen LogP contribution in [0.1, 0.15) is 157 Å². The molecular formula is C48H68O9. The fraction of sp³-hybridized carbons (Fsp3) is 0.562. The van der Waals surface area contributed by atoms with E-state index in [1.807, 2.05) is 119 Å². The number of aliphatic carboxylic acids is 3. The van der Waals surface area contributed by atoms with Crippen molar-refractivity contribution in [2.24, 2.45) is 10.8 Å². The summed E-state index contributed by atoms with van der Waals surface area (Å²) in [4.78, 5) is 40.4. The number of carbonyl (C=O) groups is 3. The lowest BCUT2D eigenvalue weighted by Gasteiger charge is -2.45. The van der Waals surface area contributed by atoms with E-state index in [0.29, 0.717) is 16.7 Å². The van der Waals surface area contributed by atoms with Gasteiger partial charge in [0.05, 0.1) is 17.3 Å². The van der Waals surface area contributed by atoms with Crippen LogP contribution in [-0.4, -0.2) is 48.5 Å². The Morgan fingerprint density at radius 2 is 0.719 bits per heavy atom. The van der Waals surface area contributed by atoms with Crippen LogP contribution in [0.5, 0.6) is 17.2 Å². The largest absolute Gasteiger partial charge is 0.507 e. The number of carboxylic acids is 3. The summed E-state index contributed by atoms with van der Waals surface area (Å²) in [7, 11) is 0. The van der Waals surface area contributed by atoms with Crippen molar-refractivity contribution in [1.29, 1.82) is 0 Å². The van der Waals surface area contributed by atoms with Gasteiger partial charge in [0.25, 0.3) is 0 Å². The minimum Gasteiger partial charge on any atom is -0.507 e. The predicted molar refractivity (Wildman–Crippen MR) is 226 cm³/mol. The highest BCUT2D eigenvalue weighted by Crippen LogP contribution is 2.54. The summed E-state index contributed by atoms with van der Waals surface area (Å²) in [6, 6.07) is 11.3. The smallest absolute Gasteiger partial charge is 0.311 e. The maximum absolute atomic E-state index is 13.9. The molecule has 0 spiro atoms. The molecule has 3 aromatic carbocycles. The topological polar surface area (TPSA) is 173 Å². The second-order valence-corrected chi connectivity index (χ2v) is 19.6. The highest BCUT2D eigenvalue weighted by molar-refractivity contribution is 5.90. The number of rotatable bonds is 17. The average Bonchev–Trinajstić information content (AvgIpc) is 3.05. The summed E-state index contributed by atoms with van der Waals surface area (Å²) in [5.74, 6) is -4.00. The van der Waals surface area contributed by atoms with E-state index in [-0.39, 0.29) is 91.3 Å². The van der Waals surface area contributed by atoms with E-state index < -0.39 is 35.2 Å². The molecule has 0 aliphatic carbocycles. The first-order valence-electron chi connectivity index (χ1n) is 20.2. The summed E-state index contributed by atoms with van der Waals surface area (Å²) in [5.41, 5.74) is 1.37. The summed E-state index contributed by atoms with van der Waals surface area (Å²) in [5, 5.41) is 66.9. The van der Waals surface area contributed by atoms with E-state index >= 15 is 0 Å². The normalized spacial score (nSPS) is 13.7.